The molecule has 0 atom stereocenters. The topological polar surface area (TPSA) is 120 Å². The molecule has 224 valence electrons. The Morgan fingerprint density at radius 2 is 1.89 bits per heavy atom. The van der Waals surface area contributed by atoms with E-state index in [9.17, 15) is 4.39 Å². The van der Waals surface area contributed by atoms with Gasteiger partial charge >= 0.3 is 0 Å². The van der Waals surface area contributed by atoms with Gasteiger partial charge in [0.15, 0.2) is 5.82 Å². The number of pyridine rings is 2. The van der Waals surface area contributed by atoms with E-state index >= 15 is 0 Å². The van der Waals surface area contributed by atoms with Gasteiger partial charge in [0.05, 0.1) is 34.6 Å². The highest BCUT2D eigenvalue weighted by Crippen LogP contribution is 2.34. The molecule has 10 nitrogen and oxygen atoms in total. The first kappa shape index (κ1) is 27.9. The Kier molecular flexibility index (Phi) is 7.63. The molecule has 11 heteroatoms. The van der Waals surface area contributed by atoms with Crippen molar-refractivity contribution in [3.63, 3.8) is 0 Å². The van der Waals surface area contributed by atoms with Crippen LogP contribution in [0.3, 0.4) is 0 Å². The fourth-order valence-electron chi connectivity index (χ4n) is 5.62. The number of halogens is 1. The molecule has 7 rings (SSSR count). The maximum absolute atomic E-state index is 14.7. The van der Waals surface area contributed by atoms with Crippen molar-refractivity contribution in [1.82, 2.24) is 40.3 Å². The molecule has 1 fully saturated rings. The zero-order chi connectivity index (χ0) is 30.0. The van der Waals surface area contributed by atoms with Crippen LogP contribution in [0.25, 0.3) is 55.8 Å². The molecular formula is C33H34FN9O. The van der Waals surface area contributed by atoms with Crippen LogP contribution in [-0.4, -0.2) is 81.4 Å². The van der Waals surface area contributed by atoms with Crippen molar-refractivity contribution in [3.8, 4) is 39.7 Å². The van der Waals surface area contributed by atoms with Crippen LogP contribution in [0, 0.1) is 5.82 Å². The predicted molar refractivity (Wildman–Crippen MR) is 171 cm³/mol. The van der Waals surface area contributed by atoms with Crippen molar-refractivity contribution in [1.29, 1.82) is 0 Å². The Bertz CT molecular complexity index is 1930. The van der Waals surface area contributed by atoms with E-state index in [4.69, 9.17) is 14.7 Å². The number of benzene rings is 2. The number of nitrogens with zero attached hydrogens (tertiary/aromatic N) is 5. The molecule has 0 radical (unpaired) electrons. The summed E-state index contributed by atoms with van der Waals surface area (Å²) in [6, 6.07) is 15.0. The summed E-state index contributed by atoms with van der Waals surface area (Å²) in [7, 11) is 4.01. The highest BCUT2D eigenvalue weighted by atomic mass is 19.1. The lowest BCUT2D eigenvalue weighted by atomic mass is 10.1. The molecule has 0 aliphatic carbocycles. The number of nitrogens with one attached hydrogen (secondary N) is 4. The molecular weight excluding hydrogens is 557 g/mol. The number of fused-ring (bicyclic) bond motifs is 2. The summed E-state index contributed by atoms with van der Waals surface area (Å²) in [4.78, 5) is 19.5. The van der Waals surface area contributed by atoms with E-state index in [1.54, 1.807) is 18.6 Å². The molecule has 0 spiro atoms. The molecule has 2 aromatic carbocycles. The number of H-pyrrole nitrogens is 2. The van der Waals surface area contributed by atoms with Crippen molar-refractivity contribution in [2.24, 2.45) is 0 Å². The van der Waals surface area contributed by atoms with Gasteiger partial charge in [-0.2, -0.15) is 5.10 Å². The van der Waals surface area contributed by atoms with Gasteiger partial charge in [-0.3, -0.25) is 15.1 Å². The third kappa shape index (κ3) is 5.84. The number of rotatable bonds is 9. The average molecular weight is 592 g/mol. The maximum atomic E-state index is 14.7. The van der Waals surface area contributed by atoms with Gasteiger partial charge in [-0.15, -0.1) is 0 Å². The Balaban J connectivity index is 1.21. The molecule has 0 saturated carbocycles. The fourth-order valence-corrected chi connectivity index (χ4v) is 5.62. The molecule has 5 heterocycles. The van der Waals surface area contributed by atoms with Crippen LogP contribution in [0.2, 0.25) is 0 Å². The summed E-state index contributed by atoms with van der Waals surface area (Å²) in [6.07, 6.45) is 7.43. The van der Waals surface area contributed by atoms with Crippen LogP contribution in [0.1, 0.15) is 12.8 Å². The van der Waals surface area contributed by atoms with Crippen molar-refractivity contribution in [3.05, 3.63) is 72.9 Å². The summed E-state index contributed by atoms with van der Waals surface area (Å²) in [5.41, 5.74) is 6.78. The second-order valence-electron chi connectivity index (χ2n) is 11.4. The Labute approximate surface area is 254 Å². The number of imidazole rings is 1. The van der Waals surface area contributed by atoms with E-state index in [0.29, 0.717) is 34.8 Å². The SMILES string of the molecule is CN(C)CCNc1cc(F)cc(-c2cncc3[nH]c(-c4n[nH]c5cnc(-c6cccc(OC7CCNCC7)c6)cc45)nc23)c1. The number of piperidine rings is 1. The maximum Gasteiger partial charge on any atom is 0.159 e. The van der Waals surface area contributed by atoms with Crippen LogP contribution in [-0.2, 0) is 0 Å². The monoisotopic (exact) mass is 591 g/mol. The largest absolute Gasteiger partial charge is 0.490 e. The number of aromatic nitrogens is 6. The standard InChI is InChI=1S/C33H34FN9O/c1-43(2)11-10-37-23-13-21(12-22(34)15-23)27-17-36-18-30-31(27)40-33(39-30)32-26-16-28(38-19-29(26)41-42-32)20-4-3-5-25(14-20)44-24-6-8-35-9-7-24/h3-5,12-19,24,35,37H,6-11H2,1-2H3,(H,39,40)(H,41,42). The van der Waals surface area contributed by atoms with Crippen molar-refractivity contribution in [2.45, 2.75) is 18.9 Å². The summed E-state index contributed by atoms with van der Waals surface area (Å²) in [5.74, 6) is 1.10. The Morgan fingerprint density at radius 1 is 1.00 bits per heavy atom. The molecule has 4 aromatic heterocycles. The first-order valence-corrected chi connectivity index (χ1v) is 14.9. The first-order valence-electron chi connectivity index (χ1n) is 14.9. The van der Waals surface area contributed by atoms with Crippen LogP contribution in [0.5, 0.6) is 5.75 Å². The van der Waals surface area contributed by atoms with E-state index in [1.165, 1.54) is 12.1 Å². The van der Waals surface area contributed by atoms with Crippen molar-refractivity contribution in [2.75, 3.05) is 45.6 Å². The van der Waals surface area contributed by atoms with E-state index in [2.05, 4.69) is 35.7 Å². The lowest BCUT2D eigenvalue weighted by Gasteiger charge is -2.24. The number of hydrogen-bond acceptors (Lipinski definition) is 8. The molecule has 1 saturated heterocycles. The van der Waals surface area contributed by atoms with Gasteiger partial charge in [-0.05, 0) is 82.0 Å². The molecule has 0 bridgehead atoms. The summed E-state index contributed by atoms with van der Waals surface area (Å²) < 4.78 is 21.0. The smallest absolute Gasteiger partial charge is 0.159 e. The van der Waals surface area contributed by atoms with Gasteiger partial charge in [0.2, 0.25) is 0 Å². The average Bonchev–Trinajstić information content (AvgIpc) is 3.65. The van der Waals surface area contributed by atoms with Crippen LogP contribution in [0.4, 0.5) is 10.1 Å². The second-order valence-corrected chi connectivity index (χ2v) is 11.4. The van der Waals surface area contributed by atoms with E-state index < -0.39 is 0 Å². The van der Waals surface area contributed by atoms with E-state index in [0.717, 1.165) is 71.5 Å². The lowest BCUT2D eigenvalue weighted by molar-refractivity contribution is 0.162. The minimum atomic E-state index is -0.328. The van der Waals surface area contributed by atoms with E-state index in [-0.39, 0.29) is 11.9 Å². The van der Waals surface area contributed by atoms with Crippen molar-refractivity contribution >= 4 is 27.6 Å². The quantitative estimate of drug-likeness (QED) is 0.175. The first-order chi connectivity index (χ1) is 21.5. The fraction of sp³-hybridized carbons (Fsp3) is 0.273. The van der Waals surface area contributed by atoms with E-state index in [1.807, 2.05) is 50.5 Å². The molecule has 1 aliphatic rings. The molecule has 1 aliphatic heterocycles. The minimum absolute atomic E-state index is 0.216. The molecule has 6 aromatic rings. The molecule has 0 amide bonds. The van der Waals surface area contributed by atoms with Gasteiger partial charge in [-0.1, -0.05) is 12.1 Å². The van der Waals surface area contributed by atoms with Crippen LogP contribution in [0.15, 0.2) is 67.1 Å². The number of likely N-dealkylation sites (N-methyl/N-ethyl adjacent to an activating group) is 1. The third-order valence-corrected chi connectivity index (χ3v) is 7.88. The Hall–Kier alpha value is -4.87. The van der Waals surface area contributed by atoms with Gasteiger partial charge in [-0.25, -0.2) is 9.37 Å². The van der Waals surface area contributed by atoms with Crippen molar-refractivity contribution < 1.29 is 9.13 Å². The number of anilines is 1. The number of aromatic amines is 2. The zero-order valence-corrected chi connectivity index (χ0v) is 24.7. The highest BCUT2D eigenvalue weighted by molar-refractivity contribution is 5.97. The minimum Gasteiger partial charge on any atom is -0.490 e. The molecule has 4 N–H and O–H groups in total. The molecule has 44 heavy (non-hydrogen) atoms. The number of hydrogen-bond donors (Lipinski definition) is 4. The van der Waals surface area contributed by atoms with Gasteiger partial charge < -0.3 is 25.3 Å². The summed E-state index contributed by atoms with van der Waals surface area (Å²) in [5, 5.41) is 15.2. The number of ether oxygens (including phenoxy) is 1. The normalized spacial score (nSPS) is 14.1. The van der Waals surface area contributed by atoms with Gasteiger partial charge in [0.1, 0.15) is 23.4 Å². The third-order valence-electron chi connectivity index (χ3n) is 7.88. The Morgan fingerprint density at radius 3 is 2.75 bits per heavy atom. The summed E-state index contributed by atoms with van der Waals surface area (Å²) >= 11 is 0. The second kappa shape index (κ2) is 12.0. The molecule has 0 unspecified atom stereocenters. The summed E-state index contributed by atoms with van der Waals surface area (Å²) in [6.45, 7) is 3.48. The lowest BCUT2D eigenvalue weighted by Crippen LogP contribution is -2.34. The highest BCUT2D eigenvalue weighted by Gasteiger charge is 2.18. The van der Waals surface area contributed by atoms with Crippen LogP contribution >= 0.6 is 0 Å². The van der Waals surface area contributed by atoms with Gasteiger partial charge in [0, 0.05) is 41.5 Å². The zero-order valence-electron chi connectivity index (χ0n) is 24.7. The van der Waals surface area contributed by atoms with Gasteiger partial charge in [0.25, 0.3) is 0 Å². The predicted octanol–water partition coefficient (Wildman–Crippen LogP) is 5.47. The van der Waals surface area contributed by atoms with Crippen LogP contribution < -0.4 is 15.4 Å².